The van der Waals surface area contributed by atoms with Crippen molar-refractivity contribution in [3.63, 3.8) is 0 Å². The van der Waals surface area contributed by atoms with Crippen LogP contribution in [0.5, 0.6) is 5.75 Å². The van der Waals surface area contributed by atoms with E-state index in [1.54, 1.807) is 13.0 Å². The van der Waals surface area contributed by atoms with Crippen molar-refractivity contribution in [2.75, 3.05) is 7.11 Å². The van der Waals surface area contributed by atoms with E-state index >= 15 is 0 Å². The molecule has 1 saturated carbocycles. The van der Waals surface area contributed by atoms with Gasteiger partial charge >= 0.3 is 11.9 Å². The van der Waals surface area contributed by atoms with E-state index in [4.69, 9.17) is 14.2 Å². The average molecular weight is 467 g/mol. The summed E-state index contributed by atoms with van der Waals surface area (Å²) in [4.78, 5) is 35.9. The molecule has 6 heteroatoms. The molecule has 182 valence electrons. The molecule has 0 radical (unpaired) electrons. The molecule has 0 unspecified atom stereocenters. The van der Waals surface area contributed by atoms with E-state index in [2.05, 4.69) is 17.9 Å². The van der Waals surface area contributed by atoms with Crippen molar-refractivity contribution < 1.29 is 28.6 Å². The topological polar surface area (TPSA) is 78.9 Å². The highest BCUT2D eigenvalue weighted by molar-refractivity contribution is 5.91. The van der Waals surface area contributed by atoms with Crippen molar-refractivity contribution in [3.05, 3.63) is 41.5 Å². The van der Waals surface area contributed by atoms with E-state index in [1.165, 1.54) is 14.0 Å². The number of fused-ring (bicyclic) bond motifs is 3. The molecule has 0 bridgehead atoms. The van der Waals surface area contributed by atoms with E-state index in [9.17, 15) is 14.4 Å². The van der Waals surface area contributed by atoms with Crippen LogP contribution in [0.3, 0.4) is 0 Å². The summed E-state index contributed by atoms with van der Waals surface area (Å²) in [5, 5.41) is 0. The van der Waals surface area contributed by atoms with Crippen LogP contribution in [0.25, 0.3) is 0 Å². The molecule has 1 fully saturated rings. The van der Waals surface area contributed by atoms with Gasteiger partial charge in [0.15, 0.2) is 5.78 Å². The molecule has 5 atom stereocenters. The molecular formula is C28H34O6. The number of allylic oxidation sites excluding steroid dienone is 1. The van der Waals surface area contributed by atoms with Gasteiger partial charge in [-0.1, -0.05) is 31.2 Å². The number of ether oxygens (including phenoxy) is 3. The van der Waals surface area contributed by atoms with Crippen LogP contribution in [0.2, 0.25) is 0 Å². The number of rotatable bonds is 10. The highest BCUT2D eigenvalue weighted by atomic mass is 16.5. The third-order valence-corrected chi connectivity index (χ3v) is 6.68. The molecule has 34 heavy (non-hydrogen) atoms. The standard InChI is InChI=1S/C28H34O6/c1-5-6-7-10-18(2)23(30)16-15-21-24(33-19(3)29)17-25-27(21)22-13-8-11-20(28(22)34-25)12-9-14-26(31)32-4/h8,11,13,15-16,18,21,24-25,27H,7,9-10,12,14,17H2,1-4H3/b16-15+/t18-,21+,24-,25+,27+/m1/s1. The van der Waals surface area contributed by atoms with Gasteiger partial charge in [-0.05, 0) is 37.8 Å². The number of ketones is 1. The number of hydrogen-bond acceptors (Lipinski definition) is 6. The van der Waals surface area contributed by atoms with Gasteiger partial charge in [0.05, 0.1) is 7.11 Å². The van der Waals surface area contributed by atoms with Crippen LogP contribution in [-0.4, -0.2) is 37.0 Å². The summed E-state index contributed by atoms with van der Waals surface area (Å²) in [5.41, 5.74) is 2.13. The normalized spacial score (nSPS) is 23.3. The second kappa shape index (κ2) is 11.9. The van der Waals surface area contributed by atoms with Gasteiger partial charge in [-0.15, -0.1) is 11.8 Å². The molecule has 0 N–H and O–H groups in total. The van der Waals surface area contributed by atoms with Gasteiger partial charge in [0, 0.05) is 49.5 Å². The molecular weight excluding hydrogens is 432 g/mol. The first-order chi connectivity index (χ1) is 16.3. The van der Waals surface area contributed by atoms with E-state index in [-0.39, 0.29) is 47.7 Å². The Balaban J connectivity index is 1.79. The number of esters is 2. The Morgan fingerprint density at radius 2 is 2.09 bits per heavy atom. The summed E-state index contributed by atoms with van der Waals surface area (Å²) in [5.74, 6) is 5.96. The molecule has 2 aliphatic rings. The van der Waals surface area contributed by atoms with E-state index in [0.29, 0.717) is 32.1 Å². The van der Waals surface area contributed by atoms with Crippen LogP contribution in [0, 0.1) is 23.7 Å². The summed E-state index contributed by atoms with van der Waals surface area (Å²) >= 11 is 0. The molecule has 1 aliphatic heterocycles. The Bertz CT molecular complexity index is 998. The third kappa shape index (κ3) is 6.08. The van der Waals surface area contributed by atoms with Gasteiger partial charge in [-0.3, -0.25) is 14.4 Å². The lowest BCUT2D eigenvalue weighted by atomic mass is 9.86. The largest absolute Gasteiger partial charge is 0.489 e. The molecule has 0 saturated heterocycles. The number of methoxy groups -OCH3 is 1. The predicted molar refractivity (Wildman–Crippen MR) is 128 cm³/mol. The van der Waals surface area contributed by atoms with Gasteiger partial charge in [0.1, 0.15) is 18.0 Å². The van der Waals surface area contributed by atoms with E-state index < -0.39 is 0 Å². The lowest BCUT2D eigenvalue weighted by molar-refractivity contribution is -0.147. The minimum atomic E-state index is -0.339. The predicted octanol–water partition coefficient (Wildman–Crippen LogP) is 4.54. The lowest BCUT2D eigenvalue weighted by Gasteiger charge is -2.21. The Hall–Kier alpha value is -3.07. The molecule has 0 amide bonds. The molecule has 0 spiro atoms. The highest BCUT2D eigenvalue weighted by Crippen LogP contribution is 2.52. The Morgan fingerprint density at radius 1 is 1.29 bits per heavy atom. The summed E-state index contributed by atoms with van der Waals surface area (Å²) < 4.78 is 16.7. The first kappa shape index (κ1) is 25.6. The monoisotopic (exact) mass is 466 g/mol. The number of para-hydroxylation sites is 1. The van der Waals surface area contributed by atoms with Gasteiger partial charge in [0.2, 0.25) is 0 Å². The van der Waals surface area contributed by atoms with Crippen LogP contribution in [0.15, 0.2) is 30.4 Å². The Kier molecular flexibility index (Phi) is 8.92. The van der Waals surface area contributed by atoms with Crippen LogP contribution in [0.1, 0.15) is 69.9 Å². The second-order valence-electron chi connectivity index (χ2n) is 9.04. The summed E-state index contributed by atoms with van der Waals surface area (Å²) in [6, 6.07) is 6.07. The van der Waals surface area contributed by atoms with Crippen molar-refractivity contribution in [1.82, 2.24) is 0 Å². The fraction of sp³-hybridized carbons (Fsp3) is 0.536. The number of benzene rings is 1. The average Bonchev–Trinajstić information content (AvgIpc) is 3.33. The SMILES string of the molecule is CC#CCC[C@@H](C)C(=O)/C=C/[C@@H]1[C@H]2c3cccc(CCCC(=O)OC)c3O[C@H]2C[C@H]1OC(C)=O. The highest BCUT2D eigenvalue weighted by Gasteiger charge is 2.50. The van der Waals surface area contributed by atoms with Gasteiger partial charge in [-0.25, -0.2) is 0 Å². The number of carbonyl (C=O) groups excluding carboxylic acids is 3. The molecule has 1 aromatic carbocycles. The van der Waals surface area contributed by atoms with Crippen molar-refractivity contribution in [2.24, 2.45) is 11.8 Å². The Labute approximate surface area is 202 Å². The zero-order chi connectivity index (χ0) is 24.7. The number of hydrogen-bond donors (Lipinski definition) is 0. The van der Waals surface area contributed by atoms with Crippen LogP contribution < -0.4 is 4.74 Å². The smallest absolute Gasteiger partial charge is 0.305 e. The molecule has 6 nitrogen and oxygen atoms in total. The summed E-state index contributed by atoms with van der Waals surface area (Å²) in [6.07, 6.45) is 6.82. The van der Waals surface area contributed by atoms with Gasteiger partial charge in [0.25, 0.3) is 0 Å². The van der Waals surface area contributed by atoms with Crippen molar-refractivity contribution in [3.8, 4) is 17.6 Å². The molecule has 1 heterocycles. The zero-order valence-corrected chi connectivity index (χ0v) is 20.5. The summed E-state index contributed by atoms with van der Waals surface area (Å²) in [6.45, 7) is 5.12. The van der Waals surface area contributed by atoms with Gasteiger partial charge in [-0.2, -0.15) is 0 Å². The molecule has 1 aromatic rings. The third-order valence-electron chi connectivity index (χ3n) is 6.68. The second-order valence-corrected chi connectivity index (χ2v) is 9.04. The molecule has 0 aromatic heterocycles. The zero-order valence-electron chi connectivity index (χ0n) is 20.5. The summed E-state index contributed by atoms with van der Waals surface area (Å²) in [7, 11) is 1.39. The number of aryl methyl sites for hydroxylation is 1. The number of carbonyl (C=O) groups is 3. The van der Waals surface area contributed by atoms with Crippen molar-refractivity contribution in [2.45, 2.75) is 77.4 Å². The maximum absolute atomic E-state index is 12.7. The fourth-order valence-corrected chi connectivity index (χ4v) is 4.93. The van der Waals surface area contributed by atoms with Crippen molar-refractivity contribution in [1.29, 1.82) is 0 Å². The maximum atomic E-state index is 12.7. The minimum Gasteiger partial charge on any atom is -0.489 e. The fourth-order valence-electron chi connectivity index (χ4n) is 4.93. The van der Waals surface area contributed by atoms with Crippen LogP contribution >= 0.6 is 0 Å². The first-order valence-electron chi connectivity index (χ1n) is 12.0. The maximum Gasteiger partial charge on any atom is 0.305 e. The first-order valence-corrected chi connectivity index (χ1v) is 12.0. The van der Waals surface area contributed by atoms with Crippen LogP contribution in [-0.2, 0) is 30.3 Å². The van der Waals surface area contributed by atoms with Gasteiger partial charge < -0.3 is 14.2 Å². The quantitative estimate of drug-likeness (QED) is 0.286. The van der Waals surface area contributed by atoms with E-state index in [0.717, 1.165) is 23.3 Å². The molecule has 1 aliphatic carbocycles. The van der Waals surface area contributed by atoms with Crippen LogP contribution in [0.4, 0.5) is 0 Å². The van der Waals surface area contributed by atoms with E-state index in [1.807, 2.05) is 25.1 Å². The Morgan fingerprint density at radius 3 is 2.79 bits per heavy atom. The minimum absolute atomic E-state index is 0.00483. The lowest BCUT2D eigenvalue weighted by Crippen LogP contribution is -2.22. The molecule has 3 rings (SSSR count). The van der Waals surface area contributed by atoms with Crippen molar-refractivity contribution >= 4 is 17.7 Å².